The summed E-state index contributed by atoms with van der Waals surface area (Å²) in [5.74, 6) is 1.23. The van der Waals surface area contributed by atoms with Gasteiger partial charge in [0.05, 0.1) is 17.9 Å². The molecule has 0 bridgehead atoms. The Bertz CT molecular complexity index is 624. The zero-order valence-electron chi connectivity index (χ0n) is 12.0. The van der Waals surface area contributed by atoms with Crippen LogP contribution in [-0.4, -0.2) is 29.2 Å². The lowest BCUT2D eigenvalue weighted by Crippen LogP contribution is -2.26. The topological polar surface area (TPSA) is 103 Å². The number of para-hydroxylation sites is 1. The fourth-order valence-corrected chi connectivity index (χ4v) is 1.86. The number of nitrogens with two attached hydrogens (primary N) is 1. The molecular formula is C14H18N4O3. The zero-order chi connectivity index (χ0) is 15.2. The van der Waals surface area contributed by atoms with Gasteiger partial charge in [0, 0.05) is 13.0 Å². The number of hydrogen-bond acceptors (Lipinski definition) is 6. The van der Waals surface area contributed by atoms with Crippen molar-refractivity contribution in [3.8, 4) is 5.75 Å². The van der Waals surface area contributed by atoms with Gasteiger partial charge in [-0.05, 0) is 26.0 Å². The lowest BCUT2D eigenvalue weighted by atomic mass is 10.1. The fraction of sp³-hybridized carbons (Fsp3) is 0.357. The Morgan fingerprint density at radius 2 is 2.29 bits per heavy atom. The molecule has 2 aromatic rings. The van der Waals surface area contributed by atoms with Crippen LogP contribution >= 0.6 is 0 Å². The van der Waals surface area contributed by atoms with Gasteiger partial charge < -0.3 is 20.3 Å². The largest absolute Gasteiger partial charge is 0.491 e. The van der Waals surface area contributed by atoms with Crippen molar-refractivity contribution < 1.29 is 14.1 Å². The summed E-state index contributed by atoms with van der Waals surface area (Å²) in [6.45, 7) is 4.41. The van der Waals surface area contributed by atoms with Gasteiger partial charge in [0.2, 0.25) is 5.89 Å². The van der Waals surface area contributed by atoms with E-state index in [2.05, 4.69) is 15.5 Å². The molecule has 0 aliphatic rings. The Labute approximate surface area is 122 Å². The number of aryl methyl sites for hydroxylation is 1. The van der Waals surface area contributed by atoms with Gasteiger partial charge in [0.15, 0.2) is 11.6 Å². The average molecular weight is 290 g/mol. The molecule has 0 spiro atoms. The molecule has 7 nitrogen and oxygen atoms in total. The summed E-state index contributed by atoms with van der Waals surface area (Å²) in [7, 11) is 0. The van der Waals surface area contributed by atoms with E-state index in [1.165, 1.54) is 0 Å². The Kier molecular flexibility index (Phi) is 4.76. The predicted octanol–water partition coefficient (Wildman–Crippen LogP) is 1.33. The van der Waals surface area contributed by atoms with Gasteiger partial charge in [-0.1, -0.05) is 11.2 Å². The van der Waals surface area contributed by atoms with E-state index < -0.39 is 0 Å². The van der Waals surface area contributed by atoms with E-state index >= 15 is 0 Å². The van der Waals surface area contributed by atoms with Crippen LogP contribution in [0.4, 0.5) is 5.69 Å². The van der Waals surface area contributed by atoms with Crippen LogP contribution in [0.3, 0.4) is 0 Å². The summed E-state index contributed by atoms with van der Waals surface area (Å²) in [4.78, 5) is 16.2. The quantitative estimate of drug-likeness (QED) is 0.778. The van der Waals surface area contributed by atoms with Gasteiger partial charge in [-0.2, -0.15) is 4.98 Å². The first kappa shape index (κ1) is 14.8. The van der Waals surface area contributed by atoms with Crippen molar-refractivity contribution in [2.75, 3.05) is 18.9 Å². The molecule has 7 heteroatoms. The van der Waals surface area contributed by atoms with Gasteiger partial charge in [-0.25, -0.2) is 0 Å². The monoisotopic (exact) mass is 290 g/mol. The average Bonchev–Trinajstić information content (AvgIpc) is 2.87. The fourth-order valence-electron chi connectivity index (χ4n) is 1.86. The minimum absolute atomic E-state index is 0.248. The Balaban J connectivity index is 1.98. The zero-order valence-corrected chi connectivity index (χ0v) is 12.0. The summed E-state index contributed by atoms with van der Waals surface area (Å²) < 4.78 is 10.4. The summed E-state index contributed by atoms with van der Waals surface area (Å²) in [6, 6.07) is 5.09. The van der Waals surface area contributed by atoms with E-state index in [9.17, 15) is 4.79 Å². The van der Waals surface area contributed by atoms with Crippen LogP contribution < -0.4 is 15.8 Å². The van der Waals surface area contributed by atoms with Crippen LogP contribution in [-0.2, 0) is 6.42 Å². The van der Waals surface area contributed by atoms with E-state index in [0.717, 1.165) is 0 Å². The third-order valence-corrected chi connectivity index (χ3v) is 2.77. The summed E-state index contributed by atoms with van der Waals surface area (Å²) in [5, 5.41) is 6.47. The van der Waals surface area contributed by atoms with Gasteiger partial charge in [0.1, 0.15) is 0 Å². The highest BCUT2D eigenvalue weighted by molar-refractivity contribution is 5.98. The van der Waals surface area contributed by atoms with Crippen molar-refractivity contribution in [3.63, 3.8) is 0 Å². The molecule has 0 unspecified atom stereocenters. The Morgan fingerprint density at radius 1 is 1.48 bits per heavy atom. The van der Waals surface area contributed by atoms with Gasteiger partial charge >= 0.3 is 0 Å². The summed E-state index contributed by atoms with van der Waals surface area (Å²) in [5.41, 5.74) is 6.69. The van der Waals surface area contributed by atoms with Crippen LogP contribution in [0.15, 0.2) is 22.7 Å². The van der Waals surface area contributed by atoms with Crippen LogP contribution in [0, 0.1) is 6.92 Å². The number of nitrogens with zero attached hydrogens (tertiary/aromatic N) is 2. The molecular weight excluding hydrogens is 272 g/mol. The molecule has 21 heavy (non-hydrogen) atoms. The molecule has 112 valence electrons. The van der Waals surface area contributed by atoms with Crippen LogP contribution in [0.2, 0.25) is 0 Å². The first-order valence-corrected chi connectivity index (χ1v) is 6.70. The highest BCUT2D eigenvalue weighted by atomic mass is 16.5. The van der Waals surface area contributed by atoms with Crippen molar-refractivity contribution in [2.45, 2.75) is 20.3 Å². The number of amides is 1. The molecule has 0 fully saturated rings. The number of aromatic nitrogens is 2. The van der Waals surface area contributed by atoms with Crippen molar-refractivity contribution in [1.29, 1.82) is 0 Å². The smallest absolute Gasteiger partial charge is 0.255 e. The molecule has 0 radical (unpaired) electrons. The molecule has 0 aliphatic heterocycles. The number of nitrogens with one attached hydrogen (secondary N) is 1. The lowest BCUT2D eigenvalue weighted by molar-refractivity contribution is 0.0949. The molecule has 1 heterocycles. The Hall–Kier alpha value is -2.57. The van der Waals surface area contributed by atoms with Crippen LogP contribution in [0.1, 0.15) is 29.0 Å². The second-order valence-corrected chi connectivity index (χ2v) is 4.40. The van der Waals surface area contributed by atoms with Crippen molar-refractivity contribution in [3.05, 3.63) is 35.5 Å². The number of anilines is 1. The number of nitrogen functional groups attached to an aromatic ring is 1. The van der Waals surface area contributed by atoms with E-state index in [-0.39, 0.29) is 5.91 Å². The molecule has 0 saturated heterocycles. The molecule has 0 saturated carbocycles. The standard InChI is InChI=1S/C14H18N4O3/c1-3-20-13-10(5-4-6-11(13)15)14(19)16-8-7-12-17-9(2)18-21-12/h4-6H,3,7-8,15H2,1-2H3,(H,16,19). The number of benzene rings is 1. The maximum absolute atomic E-state index is 12.2. The molecule has 3 N–H and O–H groups in total. The second kappa shape index (κ2) is 6.74. The van der Waals surface area contributed by atoms with E-state index in [1.807, 2.05) is 6.92 Å². The minimum Gasteiger partial charge on any atom is -0.491 e. The van der Waals surface area contributed by atoms with Gasteiger partial charge in [-0.15, -0.1) is 0 Å². The molecule has 1 aromatic heterocycles. The van der Waals surface area contributed by atoms with Gasteiger partial charge in [-0.3, -0.25) is 4.79 Å². The molecule has 0 atom stereocenters. The molecule has 1 aromatic carbocycles. The maximum atomic E-state index is 12.2. The highest BCUT2D eigenvalue weighted by Gasteiger charge is 2.14. The van der Waals surface area contributed by atoms with Crippen molar-refractivity contribution in [2.24, 2.45) is 0 Å². The lowest BCUT2D eigenvalue weighted by Gasteiger charge is -2.12. The number of carbonyl (C=O) groups excluding carboxylic acids is 1. The second-order valence-electron chi connectivity index (χ2n) is 4.40. The number of hydrogen-bond donors (Lipinski definition) is 2. The van der Waals surface area contributed by atoms with Crippen molar-refractivity contribution >= 4 is 11.6 Å². The maximum Gasteiger partial charge on any atom is 0.255 e. The molecule has 2 rings (SSSR count). The van der Waals surface area contributed by atoms with E-state index in [4.69, 9.17) is 15.0 Å². The third-order valence-electron chi connectivity index (χ3n) is 2.77. The molecule has 0 aliphatic carbocycles. The third kappa shape index (κ3) is 3.71. The minimum atomic E-state index is -0.248. The summed E-state index contributed by atoms with van der Waals surface area (Å²) in [6.07, 6.45) is 0.471. The predicted molar refractivity (Wildman–Crippen MR) is 77.1 cm³/mol. The molecule has 1 amide bonds. The number of carbonyl (C=O) groups is 1. The SMILES string of the molecule is CCOc1c(N)cccc1C(=O)NCCc1nc(C)no1. The van der Waals surface area contributed by atoms with Gasteiger partial charge in [0.25, 0.3) is 5.91 Å². The number of rotatable bonds is 6. The number of ether oxygens (including phenoxy) is 1. The summed E-state index contributed by atoms with van der Waals surface area (Å²) >= 11 is 0. The highest BCUT2D eigenvalue weighted by Crippen LogP contribution is 2.26. The van der Waals surface area contributed by atoms with E-state index in [1.54, 1.807) is 25.1 Å². The first-order chi connectivity index (χ1) is 10.1. The van der Waals surface area contributed by atoms with Crippen LogP contribution in [0.5, 0.6) is 5.75 Å². The van der Waals surface area contributed by atoms with Crippen LogP contribution in [0.25, 0.3) is 0 Å². The first-order valence-electron chi connectivity index (χ1n) is 6.70. The normalized spacial score (nSPS) is 10.4. The van der Waals surface area contributed by atoms with Crippen molar-refractivity contribution in [1.82, 2.24) is 15.5 Å². The Morgan fingerprint density at radius 3 is 2.95 bits per heavy atom. The van der Waals surface area contributed by atoms with E-state index in [0.29, 0.717) is 48.3 Å².